The summed E-state index contributed by atoms with van der Waals surface area (Å²) in [7, 11) is 0. The lowest BCUT2D eigenvalue weighted by molar-refractivity contribution is 0.0498. The van der Waals surface area contributed by atoms with Crippen molar-refractivity contribution in [1.82, 2.24) is 9.78 Å². The van der Waals surface area contributed by atoms with E-state index in [4.69, 9.17) is 4.74 Å². The summed E-state index contributed by atoms with van der Waals surface area (Å²) < 4.78 is 6.96. The fourth-order valence-corrected chi connectivity index (χ4v) is 1.85. The summed E-state index contributed by atoms with van der Waals surface area (Å²) in [6, 6.07) is 9.15. The summed E-state index contributed by atoms with van der Waals surface area (Å²) in [4.78, 5) is 12.1. The molecule has 0 aliphatic rings. The lowest BCUT2D eigenvalue weighted by atomic mass is 10.2. The van der Waals surface area contributed by atoms with Crippen LogP contribution in [0.2, 0.25) is 0 Å². The maximum absolute atomic E-state index is 12.1. The average Bonchev–Trinajstić information content (AvgIpc) is 2.97. The van der Waals surface area contributed by atoms with Gasteiger partial charge in [0, 0.05) is 12.4 Å². The SMILES string of the molecule is CCCCCOC(=O)c1ccccc1-n1cccn1. The van der Waals surface area contributed by atoms with Gasteiger partial charge < -0.3 is 4.74 Å². The van der Waals surface area contributed by atoms with Gasteiger partial charge in [-0.25, -0.2) is 9.48 Å². The Labute approximate surface area is 113 Å². The number of carbonyl (C=O) groups excluding carboxylic acids is 1. The van der Waals surface area contributed by atoms with Gasteiger partial charge in [0.1, 0.15) is 0 Å². The van der Waals surface area contributed by atoms with Gasteiger partial charge in [-0.05, 0) is 24.6 Å². The number of rotatable bonds is 6. The molecule has 1 heterocycles. The molecule has 0 N–H and O–H groups in total. The summed E-state index contributed by atoms with van der Waals surface area (Å²) in [5.41, 5.74) is 1.29. The summed E-state index contributed by atoms with van der Waals surface area (Å²) in [6.07, 6.45) is 6.59. The van der Waals surface area contributed by atoms with Crippen LogP contribution in [0, 0.1) is 0 Å². The van der Waals surface area contributed by atoms with Crippen molar-refractivity contribution in [3.8, 4) is 5.69 Å². The van der Waals surface area contributed by atoms with Crippen LogP contribution in [0.15, 0.2) is 42.7 Å². The van der Waals surface area contributed by atoms with Gasteiger partial charge in [0.15, 0.2) is 0 Å². The van der Waals surface area contributed by atoms with Crippen LogP contribution in [0.3, 0.4) is 0 Å². The zero-order chi connectivity index (χ0) is 13.5. The Hall–Kier alpha value is -2.10. The van der Waals surface area contributed by atoms with Gasteiger partial charge in [-0.1, -0.05) is 31.9 Å². The fraction of sp³-hybridized carbons (Fsp3) is 0.333. The largest absolute Gasteiger partial charge is 0.462 e. The van der Waals surface area contributed by atoms with Crippen molar-refractivity contribution < 1.29 is 9.53 Å². The zero-order valence-corrected chi connectivity index (χ0v) is 11.1. The minimum atomic E-state index is -0.290. The Morgan fingerprint density at radius 2 is 2.11 bits per heavy atom. The molecule has 0 bridgehead atoms. The number of carbonyl (C=O) groups is 1. The molecule has 0 amide bonds. The second kappa shape index (κ2) is 6.73. The molecule has 0 radical (unpaired) electrons. The highest BCUT2D eigenvalue weighted by molar-refractivity contribution is 5.93. The Kier molecular flexibility index (Phi) is 4.72. The van der Waals surface area contributed by atoms with E-state index in [0.29, 0.717) is 12.2 Å². The number of hydrogen-bond donors (Lipinski definition) is 0. The van der Waals surface area contributed by atoms with E-state index in [1.165, 1.54) is 0 Å². The van der Waals surface area contributed by atoms with Crippen molar-refractivity contribution in [2.45, 2.75) is 26.2 Å². The van der Waals surface area contributed by atoms with Gasteiger partial charge in [0.2, 0.25) is 0 Å². The number of para-hydroxylation sites is 1. The molecule has 2 aromatic rings. The van der Waals surface area contributed by atoms with E-state index in [2.05, 4.69) is 12.0 Å². The molecule has 19 heavy (non-hydrogen) atoms. The van der Waals surface area contributed by atoms with Gasteiger partial charge in [0.05, 0.1) is 17.9 Å². The van der Waals surface area contributed by atoms with E-state index in [-0.39, 0.29) is 5.97 Å². The van der Waals surface area contributed by atoms with Gasteiger partial charge in [0.25, 0.3) is 0 Å². The fourth-order valence-electron chi connectivity index (χ4n) is 1.85. The first-order valence-electron chi connectivity index (χ1n) is 6.59. The van der Waals surface area contributed by atoms with Crippen LogP contribution in [0.4, 0.5) is 0 Å². The molecule has 100 valence electrons. The number of esters is 1. The standard InChI is InChI=1S/C15H18N2O2/c1-2-3-6-12-19-15(18)13-8-4-5-9-14(13)17-11-7-10-16-17/h4-5,7-11H,2-3,6,12H2,1H3. The third-order valence-corrected chi connectivity index (χ3v) is 2.86. The van der Waals surface area contributed by atoms with Crippen LogP contribution < -0.4 is 0 Å². The Balaban J connectivity index is 2.09. The second-order valence-electron chi connectivity index (χ2n) is 4.31. The Morgan fingerprint density at radius 3 is 2.84 bits per heavy atom. The number of aromatic nitrogens is 2. The van der Waals surface area contributed by atoms with Crippen LogP contribution in [0.25, 0.3) is 5.69 Å². The zero-order valence-electron chi connectivity index (χ0n) is 11.1. The summed E-state index contributed by atoms with van der Waals surface area (Å²) in [6.45, 7) is 2.59. The molecule has 0 saturated heterocycles. The topological polar surface area (TPSA) is 44.1 Å². The molecule has 1 aromatic carbocycles. The number of ether oxygens (including phenoxy) is 1. The predicted molar refractivity (Wildman–Crippen MR) is 73.4 cm³/mol. The average molecular weight is 258 g/mol. The minimum absolute atomic E-state index is 0.290. The summed E-state index contributed by atoms with van der Waals surface area (Å²) >= 11 is 0. The third-order valence-electron chi connectivity index (χ3n) is 2.86. The molecule has 0 aliphatic heterocycles. The van der Waals surface area contributed by atoms with Gasteiger partial charge >= 0.3 is 5.97 Å². The first kappa shape index (κ1) is 13.3. The maximum Gasteiger partial charge on any atom is 0.340 e. The molecule has 0 spiro atoms. The maximum atomic E-state index is 12.1. The number of benzene rings is 1. The highest BCUT2D eigenvalue weighted by atomic mass is 16.5. The highest BCUT2D eigenvalue weighted by Crippen LogP contribution is 2.14. The quantitative estimate of drug-likeness (QED) is 0.590. The second-order valence-corrected chi connectivity index (χ2v) is 4.31. The molecule has 2 rings (SSSR count). The van der Waals surface area contributed by atoms with E-state index in [9.17, 15) is 4.79 Å². The Morgan fingerprint density at radius 1 is 1.26 bits per heavy atom. The van der Waals surface area contributed by atoms with Crippen molar-refractivity contribution in [3.05, 3.63) is 48.3 Å². The van der Waals surface area contributed by atoms with E-state index >= 15 is 0 Å². The first-order valence-corrected chi connectivity index (χ1v) is 6.59. The molecule has 0 atom stereocenters. The number of nitrogens with zero attached hydrogens (tertiary/aromatic N) is 2. The lowest BCUT2D eigenvalue weighted by Crippen LogP contribution is -2.10. The van der Waals surface area contributed by atoms with Crippen molar-refractivity contribution in [2.75, 3.05) is 6.61 Å². The number of unbranched alkanes of at least 4 members (excludes halogenated alkanes) is 2. The monoisotopic (exact) mass is 258 g/mol. The molecule has 4 nitrogen and oxygen atoms in total. The molecule has 0 saturated carbocycles. The smallest absolute Gasteiger partial charge is 0.340 e. The highest BCUT2D eigenvalue weighted by Gasteiger charge is 2.13. The first-order chi connectivity index (χ1) is 9.33. The molecule has 0 fully saturated rings. The van der Waals surface area contributed by atoms with Crippen molar-refractivity contribution >= 4 is 5.97 Å². The Bertz CT molecular complexity index is 521. The van der Waals surface area contributed by atoms with Gasteiger partial charge in [-0.2, -0.15) is 5.10 Å². The van der Waals surface area contributed by atoms with Crippen LogP contribution in [0.5, 0.6) is 0 Å². The molecular formula is C15H18N2O2. The van der Waals surface area contributed by atoms with Crippen molar-refractivity contribution in [2.24, 2.45) is 0 Å². The van der Waals surface area contributed by atoms with Crippen molar-refractivity contribution in [3.63, 3.8) is 0 Å². The van der Waals surface area contributed by atoms with Crippen LogP contribution >= 0.6 is 0 Å². The van der Waals surface area contributed by atoms with E-state index in [1.54, 1.807) is 16.9 Å². The third kappa shape index (κ3) is 3.44. The normalized spacial score (nSPS) is 10.4. The van der Waals surface area contributed by atoms with E-state index in [1.807, 2.05) is 30.5 Å². The summed E-state index contributed by atoms with van der Waals surface area (Å²) in [5, 5.41) is 4.15. The van der Waals surface area contributed by atoms with Gasteiger partial charge in [-0.3, -0.25) is 0 Å². The van der Waals surface area contributed by atoms with Crippen LogP contribution in [-0.2, 0) is 4.74 Å². The molecule has 1 aromatic heterocycles. The van der Waals surface area contributed by atoms with Crippen molar-refractivity contribution in [1.29, 1.82) is 0 Å². The predicted octanol–water partition coefficient (Wildman–Crippen LogP) is 3.22. The van der Waals surface area contributed by atoms with Crippen LogP contribution in [-0.4, -0.2) is 22.4 Å². The van der Waals surface area contributed by atoms with Crippen LogP contribution in [0.1, 0.15) is 36.5 Å². The molecule has 4 heteroatoms. The van der Waals surface area contributed by atoms with E-state index < -0.39 is 0 Å². The molecular weight excluding hydrogens is 240 g/mol. The number of hydrogen-bond acceptors (Lipinski definition) is 3. The molecule has 0 aliphatic carbocycles. The minimum Gasteiger partial charge on any atom is -0.462 e. The lowest BCUT2D eigenvalue weighted by Gasteiger charge is -2.09. The van der Waals surface area contributed by atoms with E-state index in [0.717, 1.165) is 24.9 Å². The van der Waals surface area contributed by atoms with Gasteiger partial charge in [-0.15, -0.1) is 0 Å². The molecule has 0 unspecified atom stereocenters. The summed E-state index contributed by atoms with van der Waals surface area (Å²) in [5.74, 6) is -0.290.